The van der Waals surface area contributed by atoms with Crippen LogP contribution in [0, 0.1) is 0 Å². The first kappa shape index (κ1) is 18.1. The predicted octanol–water partition coefficient (Wildman–Crippen LogP) is 2.29. The fraction of sp³-hybridized carbons (Fsp3) is 0.812. The lowest BCUT2D eigenvalue weighted by atomic mass is 10.1. The minimum Gasteiger partial charge on any atom is -0.351 e. The average molecular weight is 297 g/mol. The highest BCUT2D eigenvalue weighted by atomic mass is 16.7. The average Bonchev–Trinajstić information content (AvgIpc) is 2.83. The van der Waals surface area contributed by atoms with Gasteiger partial charge in [-0.15, -0.1) is 0 Å². The van der Waals surface area contributed by atoms with Crippen LogP contribution in [0.25, 0.3) is 0 Å². The summed E-state index contributed by atoms with van der Waals surface area (Å²) in [6.07, 6.45) is 2.69. The summed E-state index contributed by atoms with van der Waals surface area (Å²) in [5, 5.41) is 8.07. The molecule has 0 fully saturated rings. The number of hydrogen-bond acceptors (Lipinski definition) is 4. The SMILES string of the molecule is CCCNC(Cc1cc(CC)nn1C)C(OCC)OCC. The van der Waals surface area contributed by atoms with E-state index in [1.807, 2.05) is 25.6 Å². The zero-order valence-electron chi connectivity index (χ0n) is 14.2. The summed E-state index contributed by atoms with van der Waals surface area (Å²) < 4.78 is 13.5. The van der Waals surface area contributed by atoms with E-state index < -0.39 is 0 Å². The summed E-state index contributed by atoms with van der Waals surface area (Å²) in [7, 11) is 2.00. The van der Waals surface area contributed by atoms with Crippen molar-refractivity contribution in [3.05, 3.63) is 17.5 Å². The second-order valence-corrected chi connectivity index (χ2v) is 5.15. The molecule has 5 heteroatoms. The zero-order chi connectivity index (χ0) is 15.7. The minimum atomic E-state index is -0.216. The van der Waals surface area contributed by atoms with E-state index >= 15 is 0 Å². The Morgan fingerprint density at radius 3 is 2.33 bits per heavy atom. The Labute approximate surface area is 129 Å². The molecule has 0 saturated carbocycles. The van der Waals surface area contributed by atoms with Gasteiger partial charge < -0.3 is 14.8 Å². The summed E-state index contributed by atoms with van der Waals surface area (Å²) in [4.78, 5) is 0. The highest BCUT2D eigenvalue weighted by molar-refractivity contribution is 5.11. The zero-order valence-corrected chi connectivity index (χ0v) is 14.2. The molecule has 5 nitrogen and oxygen atoms in total. The summed E-state index contributed by atoms with van der Waals surface area (Å²) >= 11 is 0. The molecule has 1 rings (SSSR count). The molecule has 0 radical (unpaired) electrons. The van der Waals surface area contributed by atoms with Crippen LogP contribution in [0.4, 0.5) is 0 Å². The van der Waals surface area contributed by atoms with Gasteiger partial charge in [0.2, 0.25) is 0 Å². The molecule has 0 amide bonds. The lowest BCUT2D eigenvalue weighted by Gasteiger charge is -2.27. The van der Waals surface area contributed by atoms with Crippen LogP contribution in [-0.2, 0) is 29.4 Å². The van der Waals surface area contributed by atoms with Gasteiger partial charge in [0.1, 0.15) is 0 Å². The molecule has 0 bridgehead atoms. The second kappa shape index (κ2) is 9.92. The van der Waals surface area contributed by atoms with Crippen molar-refractivity contribution in [1.82, 2.24) is 15.1 Å². The number of hydrogen-bond donors (Lipinski definition) is 1. The monoisotopic (exact) mass is 297 g/mol. The molecule has 1 heterocycles. The fourth-order valence-corrected chi connectivity index (χ4v) is 2.36. The summed E-state index contributed by atoms with van der Waals surface area (Å²) in [5.74, 6) is 0. The first-order valence-corrected chi connectivity index (χ1v) is 8.14. The third kappa shape index (κ3) is 5.77. The number of rotatable bonds is 11. The van der Waals surface area contributed by atoms with E-state index in [0.29, 0.717) is 13.2 Å². The number of aromatic nitrogens is 2. The van der Waals surface area contributed by atoms with Gasteiger partial charge in [0.25, 0.3) is 0 Å². The van der Waals surface area contributed by atoms with E-state index in [4.69, 9.17) is 9.47 Å². The Morgan fingerprint density at radius 2 is 1.86 bits per heavy atom. The Balaban J connectivity index is 2.81. The molecule has 21 heavy (non-hydrogen) atoms. The van der Waals surface area contributed by atoms with Crippen molar-refractivity contribution < 1.29 is 9.47 Å². The van der Waals surface area contributed by atoms with Gasteiger partial charge in [-0.3, -0.25) is 4.68 Å². The molecule has 1 atom stereocenters. The maximum Gasteiger partial charge on any atom is 0.173 e. The van der Waals surface area contributed by atoms with Gasteiger partial charge >= 0.3 is 0 Å². The van der Waals surface area contributed by atoms with Crippen LogP contribution < -0.4 is 5.32 Å². The molecule has 1 aromatic heterocycles. The van der Waals surface area contributed by atoms with E-state index in [1.165, 1.54) is 5.69 Å². The summed E-state index contributed by atoms with van der Waals surface area (Å²) in [5.41, 5.74) is 2.34. The van der Waals surface area contributed by atoms with E-state index in [2.05, 4.69) is 30.3 Å². The predicted molar refractivity (Wildman–Crippen MR) is 85.4 cm³/mol. The van der Waals surface area contributed by atoms with Crippen molar-refractivity contribution in [1.29, 1.82) is 0 Å². The van der Waals surface area contributed by atoms with Crippen molar-refractivity contribution in [2.75, 3.05) is 19.8 Å². The van der Waals surface area contributed by atoms with Crippen LogP contribution in [0.5, 0.6) is 0 Å². The molecule has 0 aromatic carbocycles. The van der Waals surface area contributed by atoms with Crippen LogP contribution in [0.2, 0.25) is 0 Å². The van der Waals surface area contributed by atoms with Gasteiger partial charge in [-0.1, -0.05) is 13.8 Å². The van der Waals surface area contributed by atoms with Crippen LogP contribution in [0.3, 0.4) is 0 Å². The van der Waals surface area contributed by atoms with E-state index in [1.54, 1.807) is 0 Å². The minimum absolute atomic E-state index is 0.143. The van der Waals surface area contributed by atoms with Crippen molar-refractivity contribution in [3.63, 3.8) is 0 Å². The van der Waals surface area contributed by atoms with Gasteiger partial charge in [-0.05, 0) is 39.3 Å². The smallest absolute Gasteiger partial charge is 0.173 e. The third-order valence-electron chi connectivity index (χ3n) is 3.47. The molecular weight excluding hydrogens is 266 g/mol. The van der Waals surface area contributed by atoms with Crippen molar-refractivity contribution in [2.24, 2.45) is 7.05 Å². The van der Waals surface area contributed by atoms with Crippen molar-refractivity contribution in [2.45, 2.75) is 59.3 Å². The lowest BCUT2D eigenvalue weighted by Crippen LogP contribution is -2.45. The quantitative estimate of drug-likeness (QED) is 0.637. The molecular formula is C16H31N3O2. The first-order valence-electron chi connectivity index (χ1n) is 8.14. The molecule has 122 valence electrons. The van der Waals surface area contributed by atoms with Gasteiger partial charge in [0.05, 0.1) is 11.7 Å². The van der Waals surface area contributed by atoms with Crippen LogP contribution in [0.15, 0.2) is 6.07 Å². The van der Waals surface area contributed by atoms with E-state index in [0.717, 1.165) is 31.5 Å². The lowest BCUT2D eigenvalue weighted by molar-refractivity contribution is -0.153. The van der Waals surface area contributed by atoms with Gasteiger partial charge in [0.15, 0.2) is 6.29 Å². The Hall–Kier alpha value is -0.910. The maximum atomic E-state index is 5.77. The van der Waals surface area contributed by atoms with E-state index in [-0.39, 0.29) is 12.3 Å². The van der Waals surface area contributed by atoms with Crippen LogP contribution in [-0.4, -0.2) is 41.9 Å². The Bertz CT molecular complexity index is 387. The van der Waals surface area contributed by atoms with Crippen LogP contribution >= 0.6 is 0 Å². The maximum absolute atomic E-state index is 5.77. The highest BCUT2D eigenvalue weighted by Gasteiger charge is 2.23. The molecule has 0 aliphatic rings. The largest absolute Gasteiger partial charge is 0.351 e. The summed E-state index contributed by atoms with van der Waals surface area (Å²) in [6, 6.07) is 2.32. The van der Waals surface area contributed by atoms with Crippen molar-refractivity contribution >= 4 is 0 Å². The van der Waals surface area contributed by atoms with Crippen LogP contribution in [0.1, 0.15) is 45.5 Å². The Morgan fingerprint density at radius 1 is 1.19 bits per heavy atom. The molecule has 1 unspecified atom stereocenters. The van der Waals surface area contributed by atoms with Crippen molar-refractivity contribution in [3.8, 4) is 0 Å². The standard InChI is InChI=1S/C16H31N3O2/c1-6-10-17-15(16(20-8-3)21-9-4)12-14-11-13(7-2)18-19(14)5/h11,15-17H,6-10,12H2,1-5H3. The fourth-order valence-electron chi connectivity index (χ4n) is 2.36. The first-order chi connectivity index (χ1) is 10.2. The number of nitrogens with one attached hydrogen (secondary N) is 1. The number of aryl methyl sites for hydroxylation is 2. The highest BCUT2D eigenvalue weighted by Crippen LogP contribution is 2.12. The number of nitrogens with zero attached hydrogens (tertiary/aromatic N) is 2. The number of ether oxygens (including phenoxy) is 2. The molecule has 0 spiro atoms. The van der Waals surface area contributed by atoms with Gasteiger partial charge in [-0.2, -0.15) is 5.10 Å². The second-order valence-electron chi connectivity index (χ2n) is 5.15. The molecule has 0 aliphatic heterocycles. The Kier molecular flexibility index (Phi) is 8.57. The van der Waals surface area contributed by atoms with Gasteiger partial charge in [-0.25, -0.2) is 0 Å². The third-order valence-corrected chi connectivity index (χ3v) is 3.47. The molecule has 0 aliphatic carbocycles. The topological polar surface area (TPSA) is 48.3 Å². The summed E-state index contributed by atoms with van der Waals surface area (Å²) in [6.45, 7) is 10.6. The molecule has 0 saturated heterocycles. The molecule has 1 aromatic rings. The van der Waals surface area contributed by atoms with Gasteiger partial charge in [0, 0.05) is 32.4 Å². The van der Waals surface area contributed by atoms with E-state index in [9.17, 15) is 0 Å². The normalized spacial score (nSPS) is 13.0. The molecule has 1 N–H and O–H groups in total.